The Morgan fingerprint density at radius 2 is 2.09 bits per heavy atom. The number of aryl methyl sites for hydroxylation is 2. The number of hydrogen-bond donors (Lipinski definition) is 2. The van der Waals surface area contributed by atoms with Gasteiger partial charge in [-0.2, -0.15) is 0 Å². The number of aliphatic hydroxyl groups is 1. The molecule has 4 aromatic rings. The lowest BCUT2D eigenvalue weighted by molar-refractivity contribution is -0.0609. The number of H-pyrrole nitrogens is 1. The normalized spacial score (nSPS) is 21.1. The third-order valence-corrected chi connectivity index (χ3v) is 7.53. The molecule has 182 valence electrons. The van der Waals surface area contributed by atoms with Gasteiger partial charge in [0.2, 0.25) is 0 Å². The molecule has 1 saturated heterocycles. The van der Waals surface area contributed by atoms with Gasteiger partial charge in [0.05, 0.1) is 30.9 Å². The summed E-state index contributed by atoms with van der Waals surface area (Å²) in [4.78, 5) is 26.4. The van der Waals surface area contributed by atoms with Gasteiger partial charge in [0.1, 0.15) is 5.65 Å². The van der Waals surface area contributed by atoms with Crippen molar-refractivity contribution in [2.75, 3.05) is 6.61 Å². The van der Waals surface area contributed by atoms with E-state index in [9.17, 15) is 9.90 Å². The molecule has 35 heavy (non-hydrogen) atoms. The molecule has 0 bridgehead atoms. The molecule has 6 rings (SSSR count). The van der Waals surface area contributed by atoms with Gasteiger partial charge in [-0.3, -0.25) is 4.57 Å². The number of aliphatic hydroxyl groups excluding tert-OH is 1. The van der Waals surface area contributed by atoms with Crippen LogP contribution in [0.3, 0.4) is 0 Å². The van der Waals surface area contributed by atoms with Crippen LogP contribution in [0.15, 0.2) is 35.5 Å². The van der Waals surface area contributed by atoms with Crippen LogP contribution in [0, 0.1) is 13.8 Å². The largest absolute Gasteiger partial charge is 0.391 e. The SMILES string of the molecule is Cc1c[nH]c2ncc(-c3cnc4c(c3)n(C[C@H]3CC[C@@H](O)CO3)c(=O)n4C3=CCCCC3)c(C)c12. The highest BCUT2D eigenvalue weighted by molar-refractivity contribution is 5.90. The fourth-order valence-corrected chi connectivity index (χ4v) is 5.61. The number of imidazole rings is 1. The summed E-state index contributed by atoms with van der Waals surface area (Å²) in [6, 6.07) is 2.07. The molecule has 0 spiro atoms. The van der Waals surface area contributed by atoms with Gasteiger partial charge >= 0.3 is 5.69 Å². The van der Waals surface area contributed by atoms with E-state index >= 15 is 0 Å². The van der Waals surface area contributed by atoms with Crippen molar-refractivity contribution in [3.63, 3.8) is 0 Å². The van der Waals surface area contributed by atoms with Gasteiger partial charge in [-0.1, -0.05) is 6.08 Å². The predicted octanol–water partition coefficient (Wildman–Crippen LogP) is 4.31. The van der Waals surface area contributed by atoms with E-state index < -0.39 is 6.10 Å². The molecule has 8 heteroatoms. The molecule has 8 nitrogen and oxygen atoms in total. The second-order valence-electron chi connectivity index (χ2n) is 9.92. The average Bonchev–Trinajstić information content (AvgIpc) is 3.38. The maximum Gasteiger partial charge on any atom is 0.334 e. The van der Waals surface area contributed by atoms with Gasteiger partial charge in [0.15, 0.2) is 5.65 Å². The molecule has 4 aromatic heterocycles. The number of nitrogens with one attached hydrogen (secondary N) is 1. The van der Waals surface area contributed by atoms with Crippen LogP contribution in [0.1, 0.15) is 49.7 Å². The lowest BCUT2D eigenvalue weighted by atomic mass is 10.0. The quantitative estimate of drug-likeness (QED) is 0.460. The van der Waals surface area contributed by atoms with Crippen LogP contribution in [0.5, 0.6) is 0 Å². The number of nitrogens with zero attached hydrogens (tertiary/aromatic N) is 4. The summed E-state index contributed by atoms with van der Waals surface area (Å²) in [5.41, 5.74) is 7.58. The lowest BCUT2D eigenvalue weighted by Gasteiger charge is -2.26. The molecule has 2 atom stereocenters. The smallest absolute Gasteiger partial charge is 0.334 e. The first-order valence-electron chi connectivity index (χ1n) is 12.6. The zero-order chi connectivity index (χ0) is 24.1. The molecule has 0 aromatic carbocycles. The molecule has 1 fully saturated rings. The van der Waals surface area contributed by atoms with Gasteiger partial charge in [-0.15, -0.1) is 0 Å². The van der Waals surface area contributed by atoms with Crippen LogP contribution in [-0.4, -0.2) is 48.0 Å². The number of aromatic amines is 1. The second kappa shape index (κ2) is 8.77. The molecule has 0 unspecified atom stereocenters. The van der Waals surface area contributed by atoms with Crippen molar-refractivity contribution in [3.05, 3.63) is 52.3 Å². The van der Waals surface area contributed by atoms with Crippen LogP contribution in [0.25, 0.3) is 39.0 Å². The lowest BCUT2D eigenvalue weighted by Crippen LogP contribution is -2.35. The molecule has 5 heterocycles. The summed E-state index contributed by atoms with van der Waals surface area (Å²) < 4.78 is 9.48. The third-order valence-electron chi connectivity index (χ3n) is 7.53. The monoisotopic (exact) mass is 473 g/mol. The number of rotatable bonds is 4. The molecular weight excluding hydrogens is 442 g/mol. The standard InChI is InChI=1S/C27H31N5O3/c1-16-11-28-25-24(16)17(2)22(13-29-25)18-10-23-26(30-12-18)32(19-6-4-3-5-7-19)27(34)31(23)14-21-9-8-20(33)15-35-21/h6,10-13,20-21,33H,3-5,7-9,14-15H2,1-2H3,(H,28,29)/t20-,21-/m1/s1. The van der Waals surface area contributed by atoms with Crippen LogP contribution in [0.4, 0.5) is 0 Å². The minimum Gasteiger partial charge on any atom is -0.391 e. The highest BCUT2D eigenvalue weighted by Gasteiger charge is 2.25. The Labute approximate surface area is 203 Å². The summed E-state index contributed by atoms with van der Waals surface area (Å²) in [5.74, 6) is 0. The Morgan fingerprint density at radius 1 is 1.20 bits per heavy atom. The minimum atomic E-state index is -0.424. The van der Waals surface area contributed by atoms with Gasteiger partial charge in [-0.05, 0) is 69.6 Å². The van der Waals surface area contributed by atoms with Crippen molar-refractivity contribution < 1.29 is 9.84 Å². The van der Waals surface area contributed by atoms with Gasteiger partial charge in [0.25, 0.3) is 0 Å². The first kappa shape index (κ1) is 22.2. The predicted molar refractivity (Wildman–Crippen MR) is 136 cm³/mol. The number of aromatic nitrogens is 5. The minimum absolute atomic E-state index is 0.0701. The van der Waals surface area contributed by atoms with E-state index in [4.69, 9.17) is 9.72 Å². The van der Waals surface area contributed by atoms with E-state index in [2.05, 4.69) is 36.0 Å². The molecule has 1 aliphatic heterocycles. The van der Waals surface area contributed by atoms with E-state index in [0.29, 0.717) is 25.2 Å². The Hall–Kier alpha value is -3.23. The zero-order valence-corrected chi connectivity index (χ0v) is 20.3. The van der Waals surface area contributed by atoms with Gasteiger partial charge < -0.3 is 14.8 Å². The van der Waals surface area contributed by atoms with E-state index in [0.717, 1.165) is 76.6 Å². The van der Waals surface area contributed by atoms with E-state index in [1.165, 1.54) is 0 Å². The van der Waals surface area contributed by atoms with Crippen molar-refractivity contribution in [2.24, 2.45) is 0 Å². The van der Waals surface area contributed by atoms with Crippen molar-refractivity contribution in [2.45, 2.75) is 71.1 Å². The van der Waals surface area contributed by atoms with Crippen molar-refractivity contribution in [1.82, 2.24) is 24.1 Å². The fraction of sp³-hybridized carbons (Fsp3) is 0.444. The van der Waals surface area contributed by atoms with E-state index in [1.54, 1.807) is 4.57 Å². The van der Waals surface area contributed by atoms with E-state index in [-0.39, 0.29) is 11.8 Å². The first-order chi connectivity index (χ1) is 17.0. The van der Waals surface area contributed by atoms with Crippen LogP contribution >= 0.6 is 0 Å². The number of allylic oxidation sites excluding steroid dienone is 2. The molecule has 0 saturated carbocycles. The van der Waals surface area contributed by atoms with E-state index in [1.807, 2.05) is 23.2 Å². The van der Waals surface area contributed by atoms with Gasteiger partial charge in [0, 0.05) is 40.8 Å². The van der Waals surface area contributed by atoms with Crippen molar-refractivity contribution in [1.29, 1.82) is 0 Å². The third kappa shape index (κ3) is 3.81. The number of ether oxygens (including phenoxy) is 1. The fourth-order valence-electron chi connectivity index (χ4n) is 5.61. The summed E-state index contributed by atoms with van der Waals surface area (Å²) in [6.45, 7) is 4.94. The maximum atomic E-state index is 13.7. The molecule has 0 amide bonds. The van der Waals surface area contributed by atoms with Gasteiger partial charge in [-0.25, -0.2) is 19.3 Å². The number of hydrogen-bond acceptors (Lipinski definition) is 5. The Morgan fingerprint density at radius 3 is 2.86 bits per heavy atom. The van der Waals surface area contributed by atoms with Crippen molar-refractivity contribution >= 4 is 27.9 Å². The summed E-state index contributed by atoms with van der Waals surface area (Å²) in [7, 11) is 0. The molecular formula is C27H31N5O3. The summed E-state index contributed by atoms with van der Waals surface area (Å²) >= 11 is 0. The topological polar surface area (TPSA) is 98.0 Å². The highest BCUT2D eigenvalue weighted by atomic mass is 16.5. The van der Waals surface area contributed by atoms with Crippen LogP contribution in [-0.2, 0) is 11.3 Å². The Balaban J connectivity index is 1.51. The molecule has 2 aliphatic rings. The van der Waals surface area contributed by atoms with Crippen molar-refractivity contribution in [3.8, 4) is 11.1 Å². The maximum absolute atomic E-state index is 13.7. The first-order valence-corrected chi connectivity index (χ1v) is 12.6. The summed E-state index contributed by atoms with van der Waals surface area (Å²) in [5, 5.41) is 11.0. The molecule has 2 N–H and O–H groups in total. The number of pyridine rings is 2. The molecule has 1 aliphatic carbocycles. The zero-order valence-electron chi connectivity index (χ0n) is 20.3. The molecule has 0 radical (unpaired) electrons. The summed E-state index contributed by atoms with van der Waals surface area (Å²) in [6.07, 6.45) is 12.9. The highest BCUT2D eigenvalue weighted by Crippen LogP contribution is 2.32. The second-order valence-corrected chi connectivity index (χ2v) is 9.92. The van der Waals surface area contributed by atoms with Crippen LogP contribution in [0.2, 0.25) is 0 Å². The average molecular weight is 474 g/mol. The Bertz CT molecular complexity index is 1500. The Kier molecular flexibility index (Phi) is 5.57. The number of fused-ring (bicyclic) bond motifs is 2. The van der Waals surface area contributed by atoms with Crippen LogP contribution < -0.4 is 5.69 Å².